The first kappa shape index (κ1) is 21.8. The van der Waals surface area contributed by atoms with Crippen LogP contribution in [-0.4, -0.2) is 36.7 Å². The fourth-order valence-corrected chi connectivity index (χ4v) is 6.12. The van der Waals surface area contributed by atoms with Gasteiger partial charge in [-0.25, -0.2) is 13.4 Å². The van der Waals surface area contributed by atoms with Crippen molar-refractivity contribution in [1.82, 2.24) is 9.29 Å². The molecule has 8 heteroatoms. The molecule has 168 valence electrons. The smallest absolute Gasteiger partial charge is 0.255 e. The zero-order valence-electron chi connectivity index (χ0n) is 18.3. The van der Waals surface area contributed by atoms with Gasteiger partial charge >= 0.3 is 0 Å². The fraction of sp³-hybridized carbons (Fsp3) is 0.200. The van der Waals surface area contributed by atoms with Crippen LogP contribution >= 0.6 is 11.3 Å². The number of benzene rings is 3. The minimum absolute atomic E-state index is 0.0906. The zero-order valence-corrected chi connectivity index (χ0v) is 19.9. The Hall–Kier alpha value is -3.07. The van der Waals surface area contributed by atoms with Crippen molar-refractivity contribution in [3.8, 4) is 10.6 Å². The van der Waals surface area contributed by atoms with Gasteiger partial charge in [0, 0.05) is 29.9 Å². The second-order valence-corrected chi connectivity index (χ2v) is 11.3. The lowest BCUT2D eigenvalue weighted by Gasteiger charge is -2.16. The van der Waals surface area contributed by atoms with Crippen molar-refractivity contribution in [3.05, 3.63) is 77.9 Å². The summed E-state index contributed by atoms with van der Waals surface area (Å²) in [7, 11) is -1.92. The SMILES string of the molecule is Cc1ccc2nc(-c3ccc(NC(=O)c4ccc(S(=O)(=O)N(C)C5CC5)cc4)cc3)sc2c1. The summed E-state index contributed by atoms with van der Waals surface area (Å²) in [6, 6.07) is 19.9. The summed E-state index contributed by atoms with van der Waals surface area (Å²) in [5, 5.41) is 3.80. The molecule has 1 aliphatic carbocycles. The topological polar surface area (TPSA) is 79.4 Å². The Kier molecular flexibility index (Phi) is 5.52. The van der Waals surface area contributed by atoms with Crippen molar-refractivity contribution in [2.45, 2.75) is 30.7 Å². The summed E-state index contributed by atoms with van der Waals surface area (Å²) in [5.74, 6) is -0.294. The number of thiazole rings is 1. The predicted molar refractivity (Wildman–Crippen MR) is 132 cm³/mol. The predicted octanol–water partition coefficient (Wildman–Crippen LogP) is 5.31. The van der Waals surface area contributed by atoms with E-state index in [-0.39, 0.29) is 16.8 Å². The number of nitrogens with zero attached hydrogens (tertiary/aromatic N) is 2. The molecule has 3 aromatic carbocycles. The molecule has 1 amide bonds. The lowest BCUT2D eigenvalue weighted by atomic mass is 10.2. The molecule has 0 saturated heterocycles. The minimum Gasteiger partial charge on any atom is -0.322 e. The van der Waals surface area contributed by atoms with Crippen molar-refractivity contribution in [3.63, 3.8) is 0 Å². The van der Waals surface area contributed by atoms with Crippen LogP contribution in [0.5, 0.6) is 0 Å². The molecule has 33 heavy (non-hydrogen) atoms. The first-order valence-corrected chi connectivity index (χ1v) is 12.9. The van der Waals surface area contributed by atoms with Gasteiger partial charge in [0.1, 0.15) is 5.01 Å². The van der Waals surface area contributed by atoms with E-state index in [9.17, 15) is 13.2 Å². The summed E-state index contributed by atoms with van der Waals surface area (Å²) in [6.45, 7) is 2.06. The lowest BCUT2D eigenvalue weighted by molar-refractivity contribution is 0.102. The highest BCUT2D eigenvalue weighted by Crippen LogP contribution is 2.32. The maximum Gasteiger partial charge on any atom is 0.255 e. The molecule has 0 bridgehead atoms. The maximum atomic E-state index is 12.7. The highest BCUT2D eigenvalue weighted by atomic mass is 32.2. The number of carbonyl (C=O) groups is 1. The molecular formula is C25H23N3O3S2. The van der Waals surface area contributed by atoms with Crippen molar-refractivity contribution in [2.24, 2.45) is 0 Å². The fourth-order valence-electron chi connectivity index (χ4n) is 3.63. The molecule has 1 N–H and O–H groups in total. The van der Waals surface area contributed by atoms with Crippen LogP contribution < -0.4 is 5.32 Å². The van der Waals surface area contributed by atoms with Crippen LogP contribution in [0.3, 0.4) is 0 Å². The summed E-state index contributed by atoms with van der Waals surface area (Å²) >= 11 is 1.64. The van der Waals surface area contributed by atoms with Crippen molar-refractivity contribution in [1.29, 1.82) is 0 Å². The summed E-state index contributed by atoms with van der Waals surface area (Å²) < 4.78 is 27.8. The Morgan fingerprint density at radius 3 is 2.39 bits per heavy atom. The van der Waals surface area contributed by atoms with Gasteiger partial charge in [-0.1, -0.05) is 6.07 Å². The van der Waals surface area contributed by atoms with E-state index in [2.05, 4.69) is 24.4 Å². The second kappa shape index (κ2) is 8.37. The Balaban J connectivity index is 1.28. The molecule has 0 unspecified atom stereocenters. The Morgan fingerprint density at radius 2 is 1.73 bits per heavy atom. The van der Waals surface area contributed by atoms with E-state index < -0.39 is 10.0 Å². The van der Waals surface area contributed by atoms with Gasteiger partial charge in [-0.15, -0.1) is 11.3 Å². The number of aromatic nitrogens is 1. The molecule has 1 heterocycles. The molecule has 4 aromatic rings. The van der Waals surface area contributed by atoms with Crippen LogP contribution in [0.4, 0.5) is 5.69 Å². The number of anilines is 1. The van der Waals surface area contributed by atoms with Gasteiger partial charge in [0.05, 0.1) is 15.1 Å². The first-order valence-electron chi connectivity index (χ1n) is 10.7. The normalized spacial score (nSPS) is 14.0. The average molecular weight is 478 g/mol. The molecule has 1 fully saturated rings. The number of amides is 1. The molecule has 0 atom stereocenters. The van der Waals surface area contributed by atoms with E-state index in [1.165, 1.54) is 22.0 Å². The maximum absolute atomic E-state index is 12.7. The van der Waals surface area contributed by atoms with Crippen LogP contribution in [0.25, 0.3) is 20.8 Å². The van der Waals surface area contributed by atoms with E-state index in [0.29, 0.717) is 11.3 Å². The Bertz CT molecular complexity index is 1440. The summed E-state index contributed by atoms with van der Waals surface area (Å²) in [4.78, 5) is 17.5. The third-order valence-electron chi connectivity index (χ3n) is 5.79. The minimum atomic E-state index is -3.52. The van der Waals surface area contributed by atoms with E-state index in [0.717, 1.165) is 33.6 Å². The zero-order chi connectivity index (χ0) is 23.2. The standard InChI is InChI=1S/C25H23N3O3S2/c1-16-3-14-22-23(15-16)32-25(27-22)18-4-8-19(9-5-18)26-24(29)17-6-12-21(13-7-17)33(30,31)28(2)20-10-11-20/h3-9,12-15,20H,10-11H2,1-2H3,(H,26,29). The molecule has 5 rings (SSSR count). The van der Waals surface area contributed by atoms with Crippen LogP contribution in [-0.2, 0) is 10.0 Å². The van der Waals surface area contributed by atoms with Gasteiger partial charge in [0.25, 0.3) is 5.91 Å². The van der Waals surface area contributed by atoms with Crippen molar-refractivity contribution in [2.75, 3.05) is 12.4 Å². The molecule has 1 aromatic heterocycles. The van der Waals surface area contributed by atoms with Gasteiger partial charge in [-0.2, -0.15) is 4.31 Å². The second-order valence-electron chi connectivity index (χ2n) is 8.30. The third kappa shape index (κ3) is 4.42. The monoisotopic (exact) mass is 477 g/mol. The van der Waals surface area contributed by atoms with Crippen LogP contribution in [0.2, 0.25) is 0 Å². The van der Waals surface area contributed by atoms with Crippen LogP contribution in [0, 0.1) is 6.92 Å². The quantitative estimate of drug-likeness (QED) is 0.408. The van der Waals surface area contributed by atoms with Crippen molar-refractivity contribution >= 4 is 43.2 Å². The van der Waals surface area contributed by atoms with Gasteiger partial charge in [0.2, 0.25) is 10.0 Å². The number of hydrogen-bond acceptors (Lipinski definition) is 5. The molecule has 6 nitrogen and oxygen atoms in total. The average Bonchev–Trinajstić information content (AvgIpc) is 3.58. The highest BCUT2D eigenvalue weighted by Gasteiger charge is 2.35. The number of rotatable bonds is 6. The number of fused-ring (bicyclic) bond motifs is 1. The Morgan fingerprint density at radius 1 is 1.03 bits per heavy atom. The van der Waals surface area contributed by atoms with Gasteiger partial charge in [0.15, 0.2) is 0 Å². The summed E-state index contributed by atoms with van der Waals surface area (Å²) in [6.07, 6.45) is 1.79. The number of carbonyl (C=O) groups excluding carboxylic acids is 1. The summed E-state index contributed by atoms with van der Waals surface area (Å²) in [5.41, 5.74) is 4.23. The van der Waals surface area contributed by atoms with Crippen molar-refractivity contribution < 1.29 is 13.2 Å². The first-order chi connectivity index (χ1) is 15.8. The largest absolute Gasteiger partial charge is 0.322 e. The van der Waals surface area contributed by atoms with Gasteiger partial charge in [-0.3, -0.25) is 4.79 Å². The molecule has 1 saturated carbocycles. The van der Waals surface area contributed by atoms with E-state index in [1.54, 1.807) is 30.5 Å². The van der Waals surface area contributed by atoms with Gasteiger partial charge < -0.3 is 5.32 Å². The molecule has 0 aliphatic heterocycles. The highest BCUT2D eigenvalue weighted by molar-refractivity contribution is 7.89. The number of nitrogens with one attached hydrogen (secondary N) is 1. The van der Waals surface area contributed by atoms with E-state index >= 15 is 0 Å². The lowest BCUT2D eigenvalue weighted by Crippen LogP contribution is -2.29. The molecular weight excluding hydrogens is 454 g/mol. The third-order valence-corrected chi connectivity index (χ3v) is 8.78. The number of sulfonamides is 1. The number of aryl methyl sites for hydroxylation is 1. The number of hydrogen-bond donors (Lipinski definition) is 1. The molecule has 1 aliphatic rings. The van der Waals surface area contributed by atoms with E-state index in [4.69, 9.17) is 4.98 Å². The Labute approximate surface area is 197 Å². The molecule has 0 radical (unpaired) electrons. The van der Waals surface area contributed by atoms with Gasteiger partial charge in [-0.05, 0) is 86.0 Å². The van der Waals surface area contributed by atoms with Crippen LogP contribution in [0.15, 0.2) is 71.6 Å². The molecule has 0 spiro atoms. The van der Waals surface area contributed by atoms with Crippen LogP contribution in [0.1, 0.15) is 28.8 Å². The van der Waals surface area contributed by atoms with E-state index in [1.807, 2.05) is 30.3 Å².